The molecule has 1 fully saturated rings. The molecule has 1 aliphatic heterocycles. The second-order valence-electron chi connectivity index (χ2n) is 5.49. The Morgan fingerprint density at radius 3 is 2.73 bits per heavy atom. The zero-order chi connectivity index (χ0) is 15.9. The van der Waals surface area contributed by atoms with E-state index in [1.165, 1.54) is 12.1 Å². The fourth-order valence-electron chi connectivity index (χ4n) is 2.49. The van der Waals surface area contributed by atoms with Gasteiger partial charge in [0.2, 0.25) is 5.91 Å². The summed E-state index contributed by atoms with van der Waals surface area (Å²) >= 11 is 0. The average Bonchev–Trinajstić information content (AvgIpc) is 2.85. The van der Waals surface area contributed by atoms with Crippen LogP contribution in [0.1, 0.15) is 32.6 Å². The van der Waals surface area contributed by atoms with E-state index < -0.39 is 0 Å². The van der Waals surface area contributed by atoms with Gasteiger partial charge in [0.25, 0.3) is 0 Å². The molecule has 1 saturated heterocycles. The summed E-state index contributed by atoms with van der Waals surface area (Å²) < 4.78 is 12.9. The molecule has 2 N–H and O–H groups in total. The number of urea groups is 1. The van der Waals surface area contributed by atoms with E-state index in [0.717, 1.165) is 19.3 Å². The van der Waals surface area contributed by atoms with Gasteiger partial charge in [0.15, 0.2) is 0 Å². The molecule has 0 radical (unpaired) electrons. The van der Waals surface area contributed by atoms with Crippen LogP contribution < -0.4 is 15.5 Å². The molecule has 0 aromatic heterocycles. The lowest BCUT2D eigenvalue weighted by molar-refractivity contribution is -0.117. The van der Waals surface area contributed by atoms with Crippen LogP contribution in [-0.4, -0.2) is 31.1 Å². The fraction of sp³-hybridized carbons (Fsp3) is 0.500. The predicted octanol–water partition coefficient (Wildman–Crippen LogP) is 2.42. The van der Waals surface area contributed by atoms with E-state index in [1.54, 1.807) is 17.0 Å². The van der Waals surface area contributed by atoms with Crippen molar-refractivity contribution >= 4 is 17.6 Å². The first-order valence-electron chi connectivity index (χ1n) is 7.70. The highest BCUT2D eigenvalue weighted by Crippen LogP contribution is 2.21. The largest absolute Gasteiger partial charge is 0.338 e. The van der Waals surface area contributed by atoms with Gasteiger partial charge in [-0.1, -0.05) is 19.8 Å². The number of hydrogen-bond acceptors (Lipinski definition) is 2. The minimum absolute atomic E-state index is 0.0668. The summed E-state index contributed by atoms with van der Waals surface area (Å²) in [7, 11) is 0. The van der Waals surface area contributed by atoms with Crippen LogP contribution in [-0.2, 0) is 4.79 Å². The van der Waals surface area contributed by atoms with Crippen LogP contribution in [0, 0.1) is 5.82 Å². The summed E-state index contributed by atoms with van der Waals surface area (Å²) in [5.41, 5.74) is 0.652. The SMILES string of the molecule is CCCCCNC(=O)NC1CC(=O)N(c2ccc(F)cc2)C1. The highest BCUT2D eigenvalue weighted by atomic mass is 19.1. The second kappa shape index (κ2) is 7.77. The van der Waals surface area contributed by atoms with Crippen molar-refractivity contribution in [3.8, 4) is 0 Å². The maximum absolute atomic E-state index is 12.9. The fourth-order valence-corrected chi connectivity index (χ4v) is 2.49. The summed E-state index contributed by atoms with van der Waals surface area (Å²) in [5, 5.41) is 5.60. The van der Waals surface area contributed by atoms with Crippen molar-refractivity contribution < 1.29 is 14.0 Å². The molecule has 0 spiro atoms. The molecule has 1 heterocycles. The molecular formula is C16H22FN3O2. The minimum atomic E-state index is -0.337. The summed E-state index contributed by atoms with van der Waals surface area (Å²) in [6, 6.07) is 5.33. The number of nitrogens with one attached hydrogen (secondary N) is 2. The van der Waals surface area contributed by atoms with Crippen LogP contribution in [0.4, 0.5) is 14.9 Å². The molecule has 3 amide bonds. The number of hydrogen-bond donors (Lipinski definition) is 2. The maximum Gasteiger partial charge on any atom is 0.315 e. The maximum atomic E-state index is 12.9. The van der Waals surface area contributed by atoms with E-state index >= 15 is 0 Å². The molecule has 1 atom stereocenters. The van der Waals surface area contributed by atoms with Crippen LogP contribution in [0.2, 0.25) is 0 Å². The van der Waals surface area contributed by atoms with Crippen molar-refractivity contribution in [2.75, 3.05) is 18.0 Å². The quantitative estimate of drug-likeness (QED) is 0.793. The van der Waals surface area contributed by atoms with Crippen LogP contribution in [0.5, 0.6) is 0 Å². The van der Waals surface area contributed by atoms with Gasteiger partial charge in [-0.05, 0) is 30.7 Å². The lowest BCUT2D eigenvalue weighted by Gasteiger charge is -2.17. The van der Waals surface area contributed by atoms with Crippen molar-refractivity contribution in [2.24, 2.45) is 0 Å². The Labute approximate surface area is 129 Å². The van der Waals surface area contributed by atoms with Gasteiger partial charge in [-0.3, -0.25) is 4.79 Å². The van der Waals surface area contributed by atoms with Crippen LogP contribution in [0.25, 0.3) is 0 Å². The lowest BCUT2D eigenvalue weighted by Crippen LogP contribution is -2.43. The predicted molar refractivity (Wildman–Crippen MR) is 83.2 cm³/mol. The standard InChI is InChI=1S/C16H22FN3O2/c1-2-3-4-9-18-16(22)19-13-10-15(21)20(11-13)14-7-5-12(17)6-8-14/h5-8,13H,2-4,9-11H2,1H3,(H2,18,19,22). The Hall–Kier alpha value is -2.11. The van der Waals surface area contributed by atoms with Gasteiger partial charge in [-0.2, -0.15) is 0 Å². The van der Waals surface area contributed by atoms with Crippen LogP contribution in [0.3, 0.4) is 0 Å². The lowest BCUT2D eigenvalue weighted by atomic mass is 10.2. The molecule has 6 heteroatoms. The number of benzene rings is 1. The third-order valence-corrected chi connectivity index (χ3v) is 3.66. The van der Waals surface area contributed by atoms with E-state index in [4.69, 9.17) is 0 Å². The van der Waals surface area contributed by atoms with Gasteiger partial charge in [-0.25, -0.2) is 9.18 Å². The Bertz CT molecular complexity index is 519. The Balaban J connectivity index is 1.82. The highest BCUT2D eigenvalue weighted by Gasteiger charge is 2.31. The first-order chi connectivity index (χ1) is 10.6. The molecule has 1 aliphatic rings. The van der Waals surface area contributed by atoms with Gasteiger partial charge in [0.1, 0.15) is 5.82 Å². The second-order valence-corrected chi connectivity index (χ2v) is 5.49. The molecule has 1 unspecified atom stereocenters. The molecule has 5 nitrogen and oxygen atoms in total. The Morgan fingerprint density at radius 1 is 1.32 bits per heavy atom. The topological polar surface area (TPSA) is 61.4 Å². The van der Waals surface area contributed by atoms with E-state index in [0.29, 0.717) is 18.8 Å². The molecule has 2 rings (SSSR count). The third kappa shape index (κ3) is 4.44. The van der Waals surface area contributed by atoms with Crippen molar-refractivity contribution in [3.63, 3.8) is 0 Å². The molecule has 0 bridgehead atoms. The smallest absolute Gasteiger partial charge is 0.315 e. The molecule has 120 valence electrons. The third-order valence-electron chi connectivity index (χ3n) is 3.66. The number of carbonyl (C=O) groups excluding carboxylic acids is 2. The van der Waals surface area contributed by atoms with Gasteiger partial charge in [0, 0.05) is 25.2 Å². The number of rotatable bonds is 6. The molecule has 0 saturated carbocycles. The summed E-state index contributed by atoms with van der Waals surface area (Å²) in [6.07, 6.45) is 3.41. The Morgan fingerprint density at radius 2 is 2.05 bits per heavy atom. The highest BCUT2D eigenvalue weighted by molar-refractivity contribution is 5.96. The summed E-state index contributed by atoms with van der Waals surface area (Å²) in [6.45, 7) is 3.16. The van der Waals surface area contributed by atoms with Crippen molar-refractivity contribution in [3.05, 3.63) is 30.1 Å². The van der Waals surface area contributed by atoms with Gasteiger partial charge in [0.05, 0.1) is 6.04 Å². The van der Waals surface area contributed by atoms with E-state index in [1.807, 2.05) is 0 Å². The van der Waals surface area contributed by atoms with Crippen molar-refractivity contribution in [1.82, 2.24) is 10.6 Å². The van der Waals surface area contributed by atoms with Crippen LogP contribution in [0.15, 0.2) is 24.3 Å². The van der Waals surface area contributed by atoms with Gasteiger partial charge < -0.3 is 15.5 Å². The number of amides is 3. The van der Waals surface area contributed by atoms with Crippen molar-refractivity contribution in [1.29, 1.82) is 0 Å². The number of halogens is 1. The monoisotopic (exact) mass is 307 g/mol. The average molecular weight is 307 g/mol. The van der Waals surface area contributed by atoms with E-state index in [2.05, 4.69) is 17.6 Å². The van der Waals surface area contributed by atoms with Gasteiger partial charge in [-0.15, -0.1) is 0 Å². The van der Waals surface area contributed by atoms with E-state index in [-0.39, 0.29) is 30.2 Å². The van der Waals surface area contributed by atoms with Crippen molar-refractivity contribution in [2.45, 2.75) is 38.6 Å². The normalized spacial score (nSPS) is 17.6. The minimum Gasteiger partial charge on any atom is -0.338 e. The number of anilines is 1. The number of nitrogens with zero attached hydrogens (tertiary/aromatic N) is 1. The summed E-state index contributed by atoms with van der Waals surface area (Å²) in [5.74, 6) is -0.403. The number of carbonyl (C=O) groups is 2. The first-order valence-corrected chi connectivity index (χ1v) is 7.70. The molecule has 1 aromatic carbocycles. The van der Waals surface area contributed by atoms with Crippen LogP contribution >= 0.6 is 0 Å². The molecule has 0 aliphatic carbocycles. The first kappa shape index (κ1) is 16.3. The Kier molecular flexibility index (Phi) is 5.75. The van der Waals surface area contributed by atoms with Gasteiger partial charge >= 0.3 is 6.03 Å². The molecule has 22 heavy (non-hydrogen) atoms. The zero-order valence-electron chi connectivity index (χ0n) is 12.8. The molecular weight excluding hydrogens is 285 g/mol. The van der Waals surface area contributed by atoms with E-state index in [9.17, 15) is 14.0 Å². The summed E-state index contributed by atoms with van der Waals surface area (Å²) in [4.78, 5) is 25.3. The number of unbranched alkanes of at least 4 members (excludes halogenated alkanes) is 2. The zero-order valence-corrected chi connectivity index (χ0v) is 12.8. The molecule has 1 aromatic rings.